The standard InChI is InChI=1S/C14H19ClN2O2.ClH/c1-2-17(9-11-4-3-5-12(15)8-11)14(18)13-10-19-7-6-16-13;/h3-5,8,13,16H,2,6-7,9-10H2,1H3;1H. The molecule has 1 heterocycles. The first-order valence-electron chi connectivity index (χ1n) is 6.55. The van der Waals surface area contributed by atoms with Crippen LogP contribution in [0.5, 0.6) is 0 Å². The molecule has 6 heteroatoms. The van der Waals surface area contributed by atoms with Gasteiger partial charge in [0, 0.05) is 24.7 Å². The van der Waals surface area contributed by atoms with Gasteiger partial charge in [-0.1, -0.05) is 23.7 Å². The quantitative estimate of drug-likeness (QED) is 0.924. The highest BCUT2D eigenvalue weighted by Crippen LogP contribution is 2.13. The summed E-state index contributed by atoms with van der Waals surface area (Å²) < 4.78 is 5.34. The average molecular weight is 319 g/mol. The van der Waals surface area contributed by atoms with Gasteiger partial charge >= 0.3 is 0 Å². The Kier molecular flexibility index (Phi) is 7.30. The molecule has 0 aromatic heterocycles. The van der Waals surface area contributed by atoms with Gasteiger partial charge in [-0.15, -0.1) is 12.4 Å². The molecule has 1 atom stereocenters. The zero-order valence-corrected chi connectivity index (χ0v) is 13.0. The molecule has 112 valence electrons. The summed E-state index contributed by atoms with van der Waals surface area (Å²) in [5, 5.41) is 3.88. The van der Waals surface area contributed by atoms with E-state index < -0.39 is 0 Å². The molecule has 1 aromatic carbocycles. The number of hydrogen-bond donors (Lipinski definition) is 1. The maximum atomic E-state index is 12.4. The first-order chi connectivity index (χ1) is 9.20. The zero-order chi connectivity index (χ0) is 13.7. The Labute approximate surface area is 130 Å². The fraction of sp³-hybridized carbons (Fsp3) is 0.500. The second-order valence-electron chi connectivity index (χ2n) is 4.56. The highest BCUT2D eigenvalue weighted by Gasteiger charge is 2.25. The second-order valence-corrected chi connectivity index (χ2v) is 5.00. The molecule has 1 aliphatic heterocycles. The molecule has 0 bridgehead atoms. The Balaban J connectivity index is 0.00000200. The van der Waals surface area contributed by atoms with Gasteiger partial charge in [0.05, 0.1) is 13.2 Å². The molecule has 4 nitrogen and oxygen atoms in total. The predicted octanol–water partition coefficient (Wildman–Crippen LogP) is 2.10. The second kappa shape index (κ2) is 8.47. The molecule has 0 radical (unpaired) electrons. The molecule has 1 amide bonds. The first-order valence-corrected chi connectivity index (χ1v) is 6.93. The third kappa shape index (κ3) is 4.63. The Morgan fingerprint density at radius 3 is 2.95 bits per heavy atom. The normalized spacial score (nSPS) is 18.2. The number of carbonyl (C=O) groups excluding carboxylic acids is 1. The van der Waals surface area contributed by atoms with Crippen molar-refractivity contribution in [2.24, 2.45) is 0 Å². The zero-order valence-electron chi connectivity index (χ0n) is 11.5. The summed E-state index contributed by atoms with van der Waals surface area (Å²) in [5.41, 5.74) is 1.04. The predicted molar refractivity (Wildman–Crippen MR) is 82.4 cm³/mol. The van der Waals surface area contributed by atoms with Gasteiger partial charge in [-0.05, 0) is 24.6 Å². The molecule has 1 aliphatic rings. The SMILES string of the molecule is CCN(Cc1cccc(Cl)c1)C(=O)C1COCCN1.Cl. The molecule has 1 unspecified atom stereocenters. The molecular formula is C14H20Cl2N2O2. The summed E-state index contributed by atoms with van der Waals surface area (Å²) in [6, 6.07) is 7.37. The summed E-state index contributed by atoms with van der Waals surface area (Å²) in [7, 11) is 0. The number of carbonyl (C=O) groups is 1. The lowest BCUT2D eigenvalue weighted by molar-refractivity contribution is -0.136. The summed E-state index contributed by atoms with van der Waals surface area (Å²) >= 11 is 5.96. The van der Waals surface area contributed by atoms with Crippen LogP contribution in [0.25, 0.3) is 0 Å². The lowest BCUT2D eigenvalue weighted by Crippen LogP contribution is -2.52. The number of amides is 1. The van der Waals surface area contributed by atoms with E-state index in [1.165, 1.54) is 0 Å². The van der Waals surface area contributed by atoms with Crippen LogP contribution in [-0.4, -0.2) is 43.2 Å². The van der Waals surface area contributed by atoms with Gasteiger partial charge < -0.3 is 15.0 Å². The van der Waals surface area contributed by atoms with Crippen molar-refractivity contribution in [3.63, 3.8) is 0 Å². The lowest BCUT2D eigenvalue weighted by atomic mass is 10.2. The molecule has 1 N–H and O–H groups in total. The number of halogens is 2. The van der Waals surface area contributed by atoms with Crippen LogP contribution in [0.1, 0.15) is 12.5 Å². The average Bonchev–Trinajstić information content (AvgIpc) is 2.45. The third-order valence-corrected chi connectivity index (χ3v) is 3.41. The molecule has 0 spiro atoms. The van der Waals surface area contributed by atoms with Gasteiger partial charge in [-0.3, -0.25) is 4.79 Å². The van der Waals surface area contributed by atoms with Crippen molar-refractivity contribution >= 4 is 29.9 Å². The summed E-state index contributed by atoms with van der Waals surface area (Å²) in [6.07, 6.45) is 0. The first kappa shape index (κ1) is 17.2. The van der Waals surface area contributed by atoms with Crippen LogP contribution in [0, 0.1) is 0 Å². The van der Waals surface area contributed by atoms with Crippen LogP contribution in [0.3, 0.4) is 0 Å². The van der Waals surface area contributed by atoms with E-state index in [9.17, 15) is 4.79 Å². The molecular weight excluding hydrogens is 299 g/mol. The van der Waals surface area contributed by atoms with Crippen molar-refractivity contribution in [2.75, 3.05) is 26.3 Å². The van der Waals surface area contributed by atoms with Crippen LogP contribution in [0.4, 0.5) is 0 Å². The third-order valence-electron chi connectivity index (χ3n) is 3.18. The van der Waals surface area contributed by atoms with Gasteiger partial charge in [0.1, 0.15) is 6.04 Å². The Morgan fingerprint density at radius 1 is 1.55 bits per heavy atom. The molecule has 1 fully saturated rings. The minimum atomic E-state index is -0.229. The number of likely N-dealkylation sites (N-methyl/N-ethyl adjacent to an activating group) is 1. The van der Waals surface area contributed by atoms with E-state index in [0.717, 1.165) is 12.1 Å². The monoisotopic (exact) mass is 318 g/mol. The van der Waals surface area contributed by atoms with E-state index in [0.29, 0.717) is 31.3 Å². The van der Waals surface area contributed by atoms with Gasteiger partial charge in [0.2, 0.25) is 5.91 Å². The number of rotatable bonds is 4. The number of benzene rings is 1. The minimum absolute atomic E-state index is 0. The Bertz CT molecular complexity index is 437. The number of nitrogens with one attached hydrogen (secondary N) is 1. The summed E-state index contributed by atoms with van der Waals surface area (Å²) in [5.74, 6) is 0.0853. The largest absolute Gasteiger partial charge is 0.378 e. The minimum Gasteiger partial charge on any atom is -0.378 e. The van der Waals surface area contributed by atoms with Gasteiger partial charge in [0.15, 0.2) is 0 Å². The van der Waals surface area contributed by atoms with Crippen molar-refractivity contribution in [1.82, 2.24) is 10.2 Å². The van der Waals surface area contributed by atoms with Crippen molar-refractivity contribution in [3.05, 3.63) is 34.9 Å². The Morgan fingerprint density at radius 2 is 2.35 bits per heavy atom. The van der Waals surface area contributed by atoms with Crippen molar-refractivity contribution in [3.8, 4) is 0 Å². The van der Waals surface area contributed by atoms with Crippen molar-refractivity contribution in [1.29, 1.82) is 0 Å². The van der Waals surface area contributed by atoms with Crippen molar-refractivity contribution in [2.45, 2.75) is 19.5 Å². The highest BCUT2D eigenvalue weighted by molar-refractivity contribution is 6.30. The molecule has 20 heavy (non-hydrogen) atoms. The number of ether oxygens (including phenoxy) is 1. The van der Waals surface area contributed by atoms with Crippen LogP contribution >= 0.6 is 24.0 Å². The number of hydrogen-bond acceptors (Lipinski definition) is 3. The molecule has 0 aliphatic carbocycles. The van der Waals surface area contributed by atoms with Crippen LogP contribution in [-0.2, 0) is 16.1 Å². The van der Waals surface area contributed by atoms with Crippen molar-refractivity contribution < 1.29 is 9.53 Å². The van der Waals surface area contributed by atoms with Gasteiger partial charge in [-0.2, -0.15) is 0 Å². The molecule has 1 saturated heterocycles. The molecule has 0 saturated carbocycles. The maximum absolute atomic E-state index is 12.4. The van der Waals surface area contributed by atoms with Crippen LogP contribution in [0.15, 0.2) is 24.3 Å². The summed E-state index contributed by atoms with van der Waals surface area (Å²) in [4.78, 5) is 14.2. The number of nitrogens with zero attached hydrogens (tertiary/aromatic N) is 1. The maximum Gasteiger partial charge on any atom is 0.242 e. The van der Waals surface area contributed by atoms with E-state index >= 15 is 0 Å². The van der Waals surface area contributed by atoms with Gasteiger partial charge in [-0.25, -0.2) is 0 Å². The van der Waals surface area contributed by atoms with E-state index in [4.69, 9.17) is 16.3 Å². The van der Waals surface area contributed by atoms with Gasteiger partial charge in [0.25, 0.3) is 0 Å². The smallest absolute Gasteiger partial charge is 0.242 e. The highest BCUT2D eigenvalue weighted by atomic mass is 35.5. The van der Waals surface area contributed by atoms with E-state index in [1.54, 1.807) is 0 Å². The molecule has 1 aromatic rings. The van der Waals surface area contributed by atoms with E-state index in [-0.39, 0.29) is 24.4 Å². The lowest BCUT2D eigenvalue weighted by Gasteiger charge is -2.29. The van der Waals surface area contributed by atoms with Crippen LogP contribution < -0.4 is 5.32 Å². The van der Waals surface area contributed by atoms with E-state index in [2.05, 4.69) is 5.32 Å². The van der Waals surface area contributed by atoms with E-state index in [1.807, 2.05) is 36.1 Å². The summed E-state index contributed by atoms with van der Waals surface area (Å²) in [6.45, 7) is 5.07. The fourth-order valence-corrected chi connectivity index (χ4v) is 2.36. The fourth-order valence-electron chi connectivity index (χ4n) is 2.15. The van der Waals surface area contributed by atoms with Crippen LogP contribution in [0.2, 0.25) is 5.02 Å². The topological polar surface area (TPSA) is 41.6 Å². The number of morpholine rings is 1. The Hall–Kier alpha value is -0.810. The molecule has 2 rings (SSSR count).